The van der Waals surface area contributed by atoms with Crippen molar-refractivity contribution in [3.05, 3.63) is 16.1 Å². The van der Waals surface area contributed by atoms with Gasteiger partial charge in [-0.3, -0.25) is 0 Å². The number of hydrogen-bond donors (Lipinski definition) is 1. The Morgan fingerprint density at radius 1 is 1.50 bits per heavy atom. The zero-order chi connectivity index (χ0) is 11.4. The summed E-state index contributed by atoms with van der Waals surface area (Å²) in [6.45, 7) is 5.46. The van der Waals surface area contributed by atoms with Crippen LogP contribution in [-0.2, 0) is 0 Å². The van der Waals surface area contributed by atoms with Gasteiger partial charge in [0, 0.05) is 29.6 Å². The highest BCUT2D eigenvalue weighted by Gasteiger charge is 2.15. The maximum Gasteiger partial charge on any atom is 0.0968 e. The molecule has 0 aliphatic carbocycles. The molecule has 1 fully saturated rings. The van der Waals surface area contributed by atoms with Crippen LogP contribution in [0.15, 0.2) is 6.20 Å². The van der Waals surface area contributed by atoms with Crippen molar-refractivity contribution in [2.45, 2.75) is 38.6 Å². The van der Waals surface area contributed by atoms with Crippen molar-refractivity contribution >= 4 is 23.1 Å². The van der Waals surface area contributed by atoms with E-state index in [0.29, 0.717) is 5.92 Å². The minimum absolute atomic E-state index is 0.549. The zero-order valence-corrected chi connectivity index (χ0v) is 11.7. The van der Waals surface area contributed by atoms with E-state index in [-0.39, 0.29) is 0 Å². The van der Waals surface area contributed by atoms with Crippen molar-refractivity contribution in [2.24, 2.45) is 0 Å². The van der Waals surface area contributed by atoms with Crippen LogP contribution in [0, 0.1) is 6.92 Å². The molecule has 1 atom stereocenters. The molecule has 0 spiro atoms. The summed E-state index contributed by atoms with van der Waals surface area (Å²) in [5.74, 6) is 3.19. The molecule has 0 radical (unpaired) electrons. The van der Waals surface area contributed by atoms with Gasteiger partial charge in [-0.1, -0.05) is 6.92 Å². The fourth-order valence-electron chi connectivity index (χ4n) is 1.93. The molecule has 4 heteroatoms. The van der Waals surface area contributed by atoms with E-state index in [1.54, 1.807) is 0 Å². The predicted molar refractivity (Wildman–Crippen MR) is 73.6 cm³/mol. The van der Waals surface area contributed by atoms with Crippen LogP contribution in [0.5, 0.6) is 0 Å². The molecule has 1 aromatic heterocycles. The zero-order valence-electron chi connectivity index (χ0n) is 10.0. The minimum Gasteiger partial charge on any atom is -0.313 e. The van der Waals surface area contributed by atoms with Gasteiger partial charge >= 0.3 is 0 Å². The van der Waals surface area contributed by atoms with Crippen LogP contribution < -0.4 is 5.32 Å². The highest BCUT2D eigenvalue weighted by molar-refractivity contribution is 7.99. The number of rotatable bonds is 4. The van der Waals surface area contributed by atoms with E-state index >= 15 is 0 Å². The Morgan fingerprint density at radius 3 is 2.88 bits per heavy atom. The van der Waals surface area contributed by atoms with Gasteiger partial charge in [-0.2, -0.15) is 11.8 Å². The van der Waals surface area contributed by atoms with Crippen LogP contribution in [0.4, 0.5) is 0 Å². The second kappa shape index (κ2) is 6.03. The number of nitrogens with one attached hydrogen (secondary N) is 1. The van der Waals surface area contributed by atoms with Gasteiger partial charge in [0.25, 0.3) is 0 Å². The summed E-state index contributed by atoms with van der Waals surface area (Å²) in [7, 11) is 0. The molecule has 1 unspecified atom stereocenters. The second-order valence-corrected chi connectivity index (χ2v) is 7.00. The molecule has 2 rings (SSSR count). The number of aryl methyl sites for hydroxylation is 1. The summed E-state index contributed by atoms with van der Waals surface area (Å²) in [6, 6.07) is 0.741. The first-order valence-electron chi connectivity index (χ1n) is 5.99. The fraction of sp³-hybridized carbons (Fsp3) is 0.750. The Labute approximate surface area is 106 Å². The molecule has 1 aromatic rings. The lowest BCUT2D eigenvalue weighted by Crippen LogP contribution is -2.34. The maximum absolute atomic E-state index is 4.45. The Kier molecular flexibility index (Phi) is 4.67. The minimum atomic E-state index is 0.549. The maximum atomic E-state index is 4.45. The summed E-state index contributed by atoms with van der Waals surface area (Å²) < 4.78 is 0. The van der Waals surface area contributed by atoms with Gasteiger partial charge in [0.05, 0.1) is 5.01 Å². The molecule has 16 heavy (non-hydrogen) atoms. The summed E-state index contributed by atoms with van der Waals surface area (Å²) in [5.41, 5.74) is 0. The molecule has 0 aromatic carbocycles. The molecule has 2 nitrogen and oxygen atoms in total. The Morgan fingerprint density at radius 2 is 2.25 bits per heavy atom. The van der Waals surface area contributed by atoms with Gasteiger partial charge in [-0.05, 0) is 31.3 Å². The van der Waals surface area contributed by atoms with Crippen molar-refractivity contribution < 1.29 is 0 Å². The molecule has 90 valence electrons. The van der Waals surface area contributed by atoms with Crippen molar-refractivity contribution in [1.82, 2.24) is 10.3 Å². The third-order valence-corrected chi connectivity index (χ3v) is 5.19. The quantitative estimate of drug-likeness (QED) is 0.896. The topological polar surface area (TPSA) is 24.9 Å². The molecule has 1 N–H and O–H groups in total. The van der Waals surface area contributed by atoms with Crippen molar-refractivity contribution in [3.63, 3.8) is 0 Å². The first kappa shape index (κ1) is 12.4. The van der Waals surface area contributed by atoms with Gasteiger partial charge < -0.3 is 5.32 Å². The summed E-state index contributed by atoms with van der Waals surface area (Å²) in [5, 5.41) is 4.96. The summed E-state index contributed by atoms with van der Waals surface area (Å²) >= 11 is 3.91. The van der Waals surface area contributed by atoms with E-state index in [2.05, 4.69) is 35.9 Å². The molecule has 0 saturated carbocycles. The van der Waals surface area contributed by atoms with E-state index in [1.807, 2.05) is 17.5 Å². The molecule has 2 heterocycles. The molecule has 0 amide bonds. The first-order valence-corrected chi connectivity index (χ1v) is 7.96. The fourth-order valence-corrected chi connectivity index (χ4v) is 3.86. The van der Waals surface area contributed by atoms with E-state index in [4.69, 9.17) is 0 Å². The second-order valence-electron chi connectivity index (χ2n) is 4.51. The largest absolute Gasteiger partial charge is 0.313 e. The van der Waals surface area contributed by atoms with Gasteiger partial charge in [0.1, 0.15) is 0 Å². The van der Waals surface area contributed by atoms with Gasteiger partial charge in [0.2, 0.25) is 0 Å². The molecular weight excluding hydrogens is 236 g/mol. The first-order chi connectivity index (χ1) is 7.75. The lowest BCUT2D eigenvalue weighted by Gasteiger charge is -2.23. The van der Waals surface area contributed by atoms with Crippen molar-refractivity contribution in [2.75, 3.05) is 18.1 Å². The number of thioether (sulfide) groups is 1. The molecule has 1 aliphatic heterocycles. The summed E-state index contributed by atoms with van der Waals surface area (Å²) in [6.07, 6.45) is 4.64. The number of hydrogen-bond acceptors (Lipinski definition) is 4. The monoisotopic (exact) mass is 256 g/mol. The van der Waals surface area contributed by atoms with Crippen molar-refractivity contribution in [1.29, 1.82) is 0 Å². The number of nitrogens with zero attached hydrogens (tertiary/aromatic N) is 1. The van der Waals surface area contributed by atoms with Crippen LogP contribution in [0.1, 0.15) is 35.6 Å². The lowest BCUT2D eigenvalue weighted by molar-refractivity contribution is 0.465. The van der Waals surface area contributed by atoms with Crippen molar-refractivity contribution in [3.8, 4) is 0 Å². The van der Waals surface area contributed by atoms with Gasteiger partial charge in [-0.15, -0.1) is 11.3 Å². The van der Waals surface area contributed by atoms with E-state index < -0.39 is 0 Å². The normalized spacial score (nSPS) is 19.9. The highest BCUT2D eigenvalue weighted by Crippen LogP contribution is 2.22. The van der Waals surface area contributed by atoms with Crippen LogP contribution >= 0.6 is 23.1 Å². The highest BCUT2D eigenvalue weighted by atomic mass is 32.2. The Balaban J connectivity index is 1.76. The van der Waals surface area contributed by atoms with Gasteiger partial charge in [0.15, 0.2) is 0 Å². The third-order valence-electron chi connectivity index (χ3n) is 2.99. The van der Waals surface area contributed by atoms with E-state index in [1.165, 1.54) is 34.2 Å². The average Bonchev–Trinajstić information content (AvgIpc) is 2.74. The van der Waals surface area contributed by atoms with Crippen LogP contribution in [0.2, 0.25) is 0 Å². The number of aromatic nitrogens is 1. The molecule has 0 bridgehead atoms. The summed E-state index contributed by atoms with van der Waals surface area (Å²) in [4.78, 5) is 5.77. The Bertz CT molecular complexity index is 319. The Hall–Kier alpha value is -0.0600. The smallest absolute Gasteiger partial charge is 0.0968 e. The van der Waals surface area contributed by atoms with E-state index in [9.17, 15) is 0 Å². The number of thiazole rings is 1. The van der Waals surface area contributed by atoms with Crippen LogP contribution in [0.3, 0.4) is 0 Å². The van der Waals surface area contributed by atoms with Gasteiger partial charge in [-0.25, -0.2) is 4.98 Å². The van der Waals surface area contributed by atoms with Crippen LogP contribution in [0.25, 0.3) is 0 Å². The molecule has 1 saturated heterocycles. The average molecular weight is 256 g/mol. The van der Waals surface area contributed by atoms with E-state index in [0.717, 1.165) is 12.6 Å². The third kappa shape index (κ3) is 3.47. The standard InChI is InChI=1S/C12H20N2S2/c1-9(12-14-8-10(2)16-12)7-13-11-3-5-15-6-4-11/h8-9,11,13H,3-7H2,1-2H3. The SMILES string of the molecule is Cc1cnc(C(C)CNC2CCSCC2)s1. The van der Waals surface area contributed by atoms with Crippen LogP contribution in [-0.4, -0.2) is 29.1 Å². The molecule has 1 aliphatic rings. The predicted octanol–water partition coefficient (Wildman–Crippen LogP) is 3.04. The lowest BCUT2D eigenvalue weighted by atomic mass is 10.1. The molecular formula is C12H20N2S2.